The van der Waals surface area contributed by atoms with Crippen molar-refractivity contribution in [1.29, 1.82) is 0 Å². The molecule has 0 saturated heterocycles. The number of rotatable bonds is 6. The standard InChI is InChI=1S/C20H20N6O2/c27-19(21-14-18-23-22-17-8-4-5-12-25(17)18)9-10-20(28)26-13-11-16(24-26)15-6-2-1-3-7-15/h1-8,12H,9-11,13-14H2,(H,21,27). The molecule has 4 rings (SSSR count). The van der Waals surface area contributed by atoms with Gasteiger partial charge in [-0.15, -0.1) is 10.2 Å². The van der Waals surface area contributed by atoms with Crippen LogP contribution in [0.15, 0.2) is 59.8 Å². The van der Waals surface area contributed by atoms with E-state index in [2.05, 4.69) is 20.6 Å². The maximum absolute atomic E-state index is 12.3. The molecule has 1 N–H and O–H groups in total. The number of fused-ring (bicyclic) bond motifs is 1. The Morgan fingerprint density at radius 3 is 2.68 bits per heavy atom. The Morgan fingerprint density at radius 2 is 1.82 bits per heavy atom. The highest BCUT2D eigenvalue weighted by molar-refractivity contribution is 6.02. The Bertz CT molecular complexity index is 1030. The van der Waals surface area contributed by atoms with E-state index in [9.17, 15) is 9.59 Å². The van der Waals surface area contributed by atoms with E-state index in [1.807, 2.05) is 59.1 Å². The predicted octanol–water partition coefficient (Wildman–Crippen LogP) is 1.76. The molecule has 8 heteroatoms. The van der Waals surface area contributed by atoms with E-state index in [4.69, 9.17) is 0 Å². The van der Waals surface area contributed by atoms with E-state index in [1.54, 1.807) is 0 Å². The molecule has 1 aromatic carbocycles. The fourth-order valence-electron chi connectivity index (χ4n) is 3.10. The van der Waals surface area contributed by atoms with Crippen molar-refractivity contribution in [3.63, 3.8) is 0 Å². The normalized spacial score (nSPS) is 13.6. The van der Waals surface area contributed by atoms with Crippen molar-refractivity contribution in [2.24, 2.45) is 5.10 Å². The van der Waals surface area contributed by atoms with Crippen molar-refractivity contribution < 1.29 is 9.59 Å². The summed E-state index contributed by atoms with van der Waals surface area (Å²) in [5.74, 6) is 0.299. The highest BCUT2D eigenvalue weighted by Gasteiger charge is 2.21. The number of carbonyl (C=O) groups is 2. The summed E-state index contributed by atoms with van der Waals surface area (Å²) in [4.78, 5) is 24.5. The first-order valence-corrected chi connectivity index (χ1v) is 9.19. The van der Waals surface area contributed by atoms with Gasteiger partial charge in [-0.05, 0) is 17.7 Å². The van der Waals surface area contributed by atoms with E-state index in [0.717, 1.165) is 23.3 Å². The highest BCUT2D eigenvalue weighted by Crippen LogP contribution is 2.15. The summed E-state index contributed by atoms with van der Waals surface area (Å²) in [6.45, 7) is 0.814. The zero-order valence-electron chi connectivity index (χ0n) is 15.3. The van der Waals surface area contributed by atoms with Crippen LogP contribution >= 0.6 is 0 Å². The molecular weight excluding hydrogens is 356 g/mol. The van der Waals surface area contributed by atoms with Crippen LogP contribution < -0.4 is 5.32 Å². The van der Waals surface area contributed by atoms with Gasteiger partial charge in [-0.25, -0.2) is 5.01 Å². The lowest BCUT2D eigenvalue weighted by molar-refractivity contribution is -0.133. The monoisotopic (exact) mass is 376 g/mol. The van der Waals surface area contributed by atoms with E-state index in [1.165, 1.54) is 5.01 Å². The van der Waals surface area contributed by atoms with Crippen LogP contribution in [-0.2, 0) is 16.1 Å². The van der Waals surface area contributed by atoms with Crippen molar-refractivity contribution in [3.05, 3.63) is 66.1 Å². The molecule has 8 nitrogen and oxygen atoms in total. The van der Waals surface area contributed by atoms with Gasteiger partial charge in [0, 0.05) is 25.5 Å². The molecule has 0 unspecified atom stereocenters. The molecule has 28 heavy (non-hydrogen) atoms. The van der Waals surface area contributed by atoms with E-state index in [-0.39, 0.29) is 31.2 Å². The predicted molar refractivity (Wildman–Crippen MR) is 103 cm³/mol. The van der Waals surface area contributed by atoms with Crippen molar-refractivity contribution in [3.8, 4) is 0 Å². The third-order valence-corrected chi connectivity index (χ3v) is 4.59. The second-order valence-electron chi connectivity index (χ2n) is 6.50. The maximum atomic E-state index is 12.3. The van der Waals surface area contributed by atoms with E-state index < -0.39 is 0 Å². The second kappa shape index (κ2) is 7.99. The molecule has 3 heterocycles. The Kier molecular flexibility index (Phi) is 5.09. The van der Waals surface area contributed by atoms with Gasteiger partial charge < -0.3 is 5.32 Å². The molecule has 0 saturated carbocycles. The van der Waals surface area contributed by atoms with Crippen LogP contribution in [0.4, 0.5) is 0 Å². The van der Waals surface area contributed by atoms with Gasteiger partial charge in [0.25, 0.3) is 0 Å². The van der Waals surface area contributed by atoms with Crippen molar-refractivity contribution in [1.82, 2.24) is 24.9 Å². The van der Waals surface area contributed by atoms with Crippen LogP contribution in [0.2, 0.25) is 0 Å². The summed E-state index contributed by atoms with van der Waals surface area (Å²) in [5.41, 5.74) is 2.65. The zero-order chi connectivity index (χ0) is 19.3. The molecule has 0 radical (unpaired) electrons. The molecule has 2 amide bonds. The molecule has 2 aromatic heterocycles. The number of benzene rings is 1. The molecule has 1 aliphatic rings. The fourth-order valence-corrected chi connectivity index (χ4v) is 3.10. The minimum atomic E-state index is -0.201. The Balaban J connectivity index is 1.27. The van der Waals surface area contributed by atoms with Crippen molar-refractivity contribution in [2.45, 2.75) is 25.8 Å². The average molecular weight is 376 g/mol. The van der Waals surface area contributed by atoms with Crippen LogP contribution in [-0.4, -0.2) is 43.7 Å². The number of carbonyl (C=O) groups excluding carboxylic acids is 2. The number of nitrogens with zero attached hydrogens (tertiary/aromatic N) is 5. The summed E-state index contributed by atoms with van der Waals surface area (Å²) in [6.07, 6.45) is 2.80. The van der Waals surface area contributed by atoms with Gasteiger partial charge in [-0.3, -0.25) is 14.0 Å². The summed E-state index contributed by atoms with van der Waals surface area (Å²) >= 11 is 0. The summed E-state index contributed by atoms with van der Waals surface area (Å²) in [7, 11) is 0. The Morgan fingerprint density at radius 1 is 1.00 bits per heavy atom. The van der Waals surface area contributed by atoms with Gasteiger partial charge in [-0.1, -0.05) is 36.4 Å². The summed E-state index contributed by atoms with van der Waals surface area (Å²) in [5, 5.41) is 16.8. The number of amides is 2. The van der Waals surface area contributed by atoms with Gasteiger partial charge in [0.2, 0.25) is 11.8 Å². The SMILES string of the molecule is O=C(CCC(=O)N1CCC(c2ccccc2)=N1)NCc1nnc2ccccn12. The van der Waals surface area contributed by atoms with Crippen LogP contribution in [0.3, 0.4) is 0 Å². The molecule has 0 fully saturated rings. The van der Waals surface area contributed by atoms with Gasteiger partial charge in [0.15, 0.2) is 11.5 Å². The number of aromatic nitrogens is 3. The summed E-state index contributed by atoms with van der Waals surface area (Å²) < 4.78 is 1.81. The smallest absolute Gasteiger partial charge is 0.243 e. The van der Waals surface area contributed by atoms with Gasteiger partial charge >= 0.3 is 0 Å². The zero-order valence-corrected chi connectivity index (χ0v) is 15.3. The number of nitrogens with one attached hydrogen (secondary N) is 1. The number of hydrazone groups is 1. The second-order valence-corrected chi connectivity index (χ2v) is 6.50. The minimum Gasteiger partial charge on any atom is -0.349 e. The topological polar surface area (TPSA) is 92.0 Å². The average Bonchev–Trinajstić information content (AvgIpc) is 3.39. The number of pyridine rings is 1. The van der Waals surface area contributed by atoms with Crippen LogP contribution in [0, 0.1) is 0 Å². The maximum Gasteiger partial charge on any atom is 0.243 e. The molecule has 142 valence electrons. The number of hydrogen-bond acceptors (Lipinski definition) is 5. The van der Waals surface area contributed by atoms with Crippen molar-refractivity contribution in [2.75, 3.05) is 6.54 Å². The third-order valence-electron chi connectivity index (χ3n) is 4.59. The molecule has 0 bridgehead atoms. The first kappa shape index (κ1) is 17.8. The third kappa shape index (κ3) is 3.90. The minimum absolute atomic E-state index is 0.113. The molecule has 1 aliphatic heterocycles. The molecular formula is C20H20N6O2. The molecule has 0 atom stereocenters. The molecule has 3 aromatic rings. The first-order valence-electron chi connectivity index (χ1n) is 9.19. The molecule has 0 aliphatic carbocycles. The molecule has 0 spiro atoms. The lowest BCUT2D eigenvalue weighted by Crippen LogP contribution is -2.28. The van der Waals surface area contributed by atoms with Gasteiger partial charge in [0.1, 0.15) is 0 Å². The summed E-state index contributed by atoms with van der Waals surface area (Å²) in [6, 6.07) is 15.4. The Hall–Kier alpha value is -3.55. The van der Waals surface area contributed by atoms with Gasteiger partial charge in [0.05, 0.1) is 18.8 Å². The van der Waals surface area contributed by atoms with Crippen LogP contribution in [0.5, 0.6) is 0 Å². The van der Waals surface area contributed by atoms with Crippen LogP contribution in [0.1, 0.15) is 30.7 Å². The number of hydrogen-bond donors (Lipinski definition) is 1. The van der Waals surface area contributed by atoms with E-state index >= 15 is 0 Å². The first-order chi connectivity index (χ1) is 13.7. The van der Waals surface area contributed by atoms with Crippen LogP contribution in [0.25, 0.3) is 5.65 Å². The fraction of sp³-hybridized carbons (Fsp3) is 0.250. The lowest BCUT2D eigenvalue weighted by atomic mass is 10.1. The lowest BCUT2D eigenvalue weighted by Gasteiger charge is -2.11. The quantitative estimate of drug-likeness (QED) is 0.710. The Labute approximate surface area is 161 Å². The highest BCUT2D eigenvalue weighted by atomic mass is 16.2. The largest absolute Gasteiger partial charge is 0.349 e. The van der Waals surface area contributed by atoms with E-state index in [0.29, 0.717) is 12.4 Å². The van der Waals surface area contributed by atoms with Gasteiger partial charge in [-0.2, -0.15) is 5.10 Å². The van der Waals surface area contributed by atoms with Crippen molar-refractivity contribution >= 4 is 23.2 Å².